The van der Waals surface area contributed by atoms with Crippen molar-refractivity contribution in [3.8, 4) is 0 Å². The van der Waals surface area contributed by atoms with E-state index in [2.05, 4.69) is 25.2 Å². The van der Waals surface area contributed by atoms with Crippen LogP contribution in [-0.2, 0) is 9.53 Å². The number of carbonyl (C=O) groups is 2. The second-order valence-electron chi connectivity index (χ2n) is 5.88. The highest BCUT2D eigenvalue weighted by atomic mass is 16.5. The molecule has 1 saturated carbocycles. The summed E-state index contributed by atoms with van der Waals surface area (Å²) in [6, 6.07) is -0.557. The summed E-state index contributed by atoms with van der Waals surface area (Å²) in [7, 11) is 0. The molecule has 108 valence electrons. The highest BCUT2D eigenvalue weighted by Gasteiger charge is 2.61. The van der Waals surface area contributed by atoms with Crippen molar-refractivity contribution < 1.29 is 14.3 Å². The molecular formula is C14H24N2O3. The van der Waals surface area contributed by atoms with E-state index in [0.29, 0.717) is 19.6 Å². The molecule has 5 heteroatoms. The largest absolute Gasteiger partial charge is 0.465 e. The second kappa shape index (κ2) is 6.08. The Kier molecular flexibility index (Phi) is 4.97. The lowest BCUT2D eigenvalue weighted by Crippen LogP contribution is -2.30. The topological polar surface area (TPSA) is 81.4 Å². The molecule has 2 atom stereocenters. The van der Waals surface area contributed by atoms with Gasteiger partial charge in [-0.1, -0.05) is 25.5 Å². The van der Waals surface area contributed by atoms with E-state index >= 15 is 0 Å². The summed E-state index contributed by atoms with van der Waals surface area (Å²) in [5, 5.41) is 2.45. The van der Waals surface area contributed by atoms with Gasteiger partial charge in [0, 0.05) is 6.54 Å². The van der Waals surface area contributed by atoms with Crippen molar-refractivity contribution in [2.45, 2.75) is 34.1 Å². The van der Waals surface area contributed by atoms with Gasteiger partial charge in [0.15, 0.2) is 0 Å². The number of hydrogen-bond acceptors (Lipinski definition) is 3. The van der Waals surface area contributed by atoms with Crippen LogP contribution in [-0.4, -0.2) is 25.2 Å². The zero-order valence-electron chi connectivity index (χ0n) is 12.2. The Morgan fingerprint density at radius 2 is 2.00 bits per heavy atom. The molecule has 19 heavy (non-hydrogen) atoms. The number of amides is 2. The molecule has 0 saturated heterocycles. The van der Waals surface area contributed by atoms with Crippen molar-refractivity contribution >= 4 is 12.0 Å². The van der Waals surface area contributed by atoms with Gasteiger partial charge in [0.25, 0.3) is 0 Å². The van der Waals surface area contributed by atoms with E-state index in [-0.39, 0.29) is 23.2 Å². The molecule has 1 rings (SSSR count). The van der Waals surface area contributed by atoms with Crippen LogP contribution in [0.3, 0.4) is 0 Å². The molecule has 0 aliphatic heterocycles. The molecule has 1 fully saturated rings. The Hall–Kier alpha value is -1.52. The third-order valence-corrected chi connectivity index (χ3v) is 3.54. The Balaban J connectivity index is 2.31. The molecule has 0 aromatic heterocycles. The first kappa shape index (κ1) is 15.5. The molecule has 0 radical (unpaired) electrons. The Morgan fingerprint density at radius 3 is 2.53 bits per heavy atom. The Bertz CT molecular complexity index is 384. The molecule has 2 amide bonds. The van der Waals surface area contributed by atoms with E-state index in [1.54, 1.807) is 0 Å². The molecule has 0 aromatic rings. The number of nitrogens with two attached hydrogens (primary N) is 1. The molecule has 0 heterocycles. The normalized spacial score (nSPS) is 23.4. The van der Waals surface area contributed by atoms with Crippen LogP contribution < -0.4 is 11.1 Å². The van der Waals surface area contributed by atoms with Gasteiger partial charge in [-0.2, -0.15) is 0 Å². The lowest BCUT2D eigenvalue weighted by molar-refractivity contribution is -0.146. The molecule has 0 spiro atoms. The number of ether oxygens (including phenoxy) is 1. The van der Waals surface area contributed by atoms with Gasteiger partial charge >= 0.3 is 12.0 Å². The van der Waals surface area contributed by atoms with Gasteiger partial charge in [0.2, 0.25) is 0 Å². The molecule has 3 N–H and O–H groups in total. The number of nitrogens with one attached hydrogen (secondary N) is 1. The van der Waals surface area contributed by atoms with Gasteiger partial charge in [0.1, 0.15) is 0 Å². The summed E-state index contributed by atoms with van der Waals surface area (Å²) in [4.78, 5) is 22.4. The first-order chi connectivity index (χ1) is 8.76. The standard InChI is InChI=1S/C14H24N2O3/c1-9(2)8-10-11(14(10,3)4)12(17)19-7-5-6-16-13(15)18/h8,10-11H,5-7H2,1-4H3,(H3,15,16,18)/t10-,11-/m1/s1. The Labute approximate surface area is 114 Å². The Morgan fingerprint density at radius 1 is 1.37 bits per heavy atom. The molecule has 1 aliphatic rings. The van der Waals surface area contributed by atoms with Crippen molar-refractivity contribution in [3.05, 3.63) is 11.6 Å². The predicted molar refractivity (Wildman–Crippen MR) is 73.4 cm³/mol. The van der Waals surface area contributed by atoms with Crippen molar-refractivity contribution in [2.75, 3.05) is 13.2 Å². The third-order valence-electron chi connectivity index (χ3n) is 3.54. The lowest BCUT2D eigenvalue weighted by atomic mass is 10.1. The van der Waals surface area contributed by atoms with Crippen LogP contribution >= 0.6 is 0 Å². The van der Waals surface area contributed by atoms with E-state index in [9.17, 15) is 9.59 Å². The van der Waals surface area contributed by atoms with Gasteiger partial charge < -0.3 is 15.8 Å². The van der Waals surface area contributed by atoms with Crippen LogP contribution in [0.4, 0.5) is 4.79 Å². The molecule has 5 nitrogen and oxygen atoms in total. The highest BCUT2D eigenvalue weighted by Crippen LogP contribution is 2.59. The van der Waals surface area contributed by atoms with E-state index in [1.165, 1.54) is 5.57 Å². The zero-order valence-corrected chi connectivity index (χ0v) is 12.2. The molecule has 1 aliphatic carbocycles. The number of rotatable bonds is 6. The minimum atomic E-state index is -0.557. The van der Waals surface area contributed by atoms with Gasteiger partial charge in [0.05, 0.1) is 12.5 Å². The maximum absolute atomic E-state index is 11.9. The number of hydrogen-bond donors (Lipinski definition) is 2. The van der Waals surface area contributed by atoms with Crippen molar-refractivity contribution in [2.24, 2.45) is 23.0 Å². The number of allylic oxidation sites excluding steroid dienone is 2. The van der Waals surface area contributed by atoms with Crippen LogP contribution in [0.2, 0.25) is 0 Å². The maximum atomic E-state index is 11.9. The zero-order chi connectivity index (χ0) is 14.6. The summed E-state index contributed by atoms with van der Waals surface area (Å²) in [6.07, 6.45) is 2.72. The van der Waals surface area contributed by atoms with Gasteiger partial charge in [-0.05, 0) is 31.6 Å². The molecular weight excluding hydrogens is 244 g/mol. The number of primary amides is 1. The maximum Gasteiger partial charge on any atom is 0.312 e. The predicted octanol–water partition coefficient (Wildman–Crippen LogP) is 1.83. The average Bonchev–Trinajstić information content (AvgIpc) is 2.78. The summed E-state index contributed by atoms with van der Waals surface area (Å²) < 4.78 is 5.23. The van der Waals surface area contributed by atoms with Gasteiger partial charge in [-0.3, -0.25) is 4.79 Å². The third kappa shape index (κ3) is 4.26. The van der Waals surface area contributed by atoms with Crippen LogP contribution in [0.5, 0.6) is 0 Å². The molecule has 0 aromatic carbocycles. The van der Waals surface area contributed by atoms with E-state index in [1.807, 2.05) is 13.8 Å². The summed E-state index contributed by atoms with van der Waals surface area (Å²) >= 11 is 0. The minimum absolute atomic E-state index is 0.0141. The van der Waals surface area contributed by atoms with Crippen LogP contribution in [0.15, 0.2) is 11.6 Å². The van der Waals surface area contributed by atoms with Crippen molar-refractivity contribution in [3.63, 3.8) is 0 Å². The van der Waals surface area contributed by atoms with Gasteiger partial charge in [-0.15, -0.1) is 0 Å². The first-order valence-corrected chi connectivity index (χ1v) is 6.61. The second-order valence-corrected chi connectivity index (χ2v) is 5.88. The average molecular weight is 268 g/mol. The number of esters is 1. The van der Waals surface area contributed by atoms with E-state index in [0.717, 1.165) is 0 Å². The van der Waals surface area contributed by atoms with Gasteiger partial charge in [-0.25, -0.2) is 4.79 Å². The van der Waals surface area contributed by atoms with Crippen LogP contribution in [0, 0.1) is 17.3 Å². The molecule has 0 bridgehead atoms. The van der Waals surface area contributed by atoms with Crippen molar-refractivity contribution in [1.82, 2.24) is 5.32 Å². The lowest BCUT2D eigenvalue weighted by Gasteiger charge is -2.05. The first-order valence-electron chi connectivity index (χ1n) is 6.61. The van der Waals surface area contributed by atoms with E-state index < -0.39 is 6.03 Å². The summed E-state index contributed by atoms with van der Waals surface area (Å²) in [5.41, 5.74) is 6.14. The summed E-state index contributed by atoms with van der Waals surface area (Å²) in [5.74, 6) is 0.0758. The van der Waals surface area contributed by atoms with E-state index in [4.69, 9.17) is 10.5 Å². The van der Waals surface area contributed by atoms with Crippen LogP contribution in [0.1, 0.15) is 34.1 Å². The fraction of sp³-hybridized carbons (Fsp3) is 0.714. The van der Waals surface area contributed by atoms with Crippen LogP contribution in [0.25, 0.3) is 0 Å². The molecule has 0 unspecified atom stereocenters. The number of urea groups is 1. The van der Waals surface area contributed by atoms with Crippen molar-refractivity contribution in [1.29, 1.82) is 0 Å². The quantitative estimate of drug-likeness (QED) is 0.438. The summed E-state index contributed by atoms with van der Waals surface area (Å²) in [6.45, 7) is 8.97. The highest BCUT2D eigenvalue weighted by molar-refractivity contribution is 5.78. The minimum Gasteiger partial charge on any atom is -0.465 e. The smallest absolute Gasteiger partial charge is 0.312 e. The monoisotopic (exact) mass is 268 g/mol. The fourth-order valence-electron chi connectivity index (χ4n) is 2.34. The SMILES string of the molecule is CC(C)=C[C@@H]1[C@H](C(=O)OCCCNC(N)=O)C1(C)C. The number of carbonyl (C=O) groups excluding carboxylic acids is 2. The fourth-order valence-corrected chi connectivity index (χ4v) is 2.34.